The van der Waals surface area contributed by atoms with E-state index in [0.29, 0.717) is 37.3 Å². The summed E-state index contributed by atoms with van der Waals surface area (Å²) in [6.45, 7) is 7.34. The van der Waals surface area contributed by atoms with Crippen LogP contribution in [-0.2, 0) is 10.2 Å². The third-order valence-electron chi connectivity index (χ3n) is 7.75. The predicted octanol–water partition coefficient (Wildman–Crippen LogP) is 4.34. The fraction of sp³-hybridized carbons (Fsp3) is 0.708. The maximum absolute atomic E-state index is 13.9. The van der Waals surface area contributed by atoms with Crippen molar-refractivity contribution >= 4 is 6.09 Å². The first kappa shape index (κ1) is 20.1. The van der Waals surface area contributed by atoms with Crippen molar-refractivity contribution in [3.63, 3.8) is 0 Å². The lowest BCUT2D eigenvalue weighted by atomic mass is 9.74. The van der Waals surface area contributed by atoms with E-state index in [2.05, 4.69) is 18.7 Å². The first-order chi connectivity index (χ1) is 14.4. The summed E-state index contributed by atoms with van der Waals surface area (Å²) in [4.78, 5) is 17.3. The second-order valence-electron chi connectivity index (χ2n) is 10.1. The monoisotopic (exact) mass is 416 g/mol. The molecule has 0 aliphatic carbocycles. The Morgan fingerprint density at radius 3 is 2.57 bits per heavy atom. The van der Waals surface area contributed by atoms with E-state index in [1.165, 1.54) is 6.07 Å². The maximum atomic E-state index is 13.9. The lowest BCUT2D eigenvalue weighted by molar-refractivity contribution is 0.0209. The molecule has 4 aliphatic rings. The molecule has 1 spiro atoms. The number of piperidine rings is 2. The summed E-state index contributed by atoms with van der Waals surface area (Å²) < 4.78 is 25.3. The Morgan fingerprint density at radius 2 is 1.90 bits per heavy atom. The second-order valence-corrected chi connectivity index (χ2v) is 10.1. The Labute approximate surface area is 178 Å². The van der Waals surface area contributed by atoms with Crippen LogP contribution in [0.2, 0.25) is 0 Å². The molecule has 1 aromatic carbocycles. The number of benzene rings is 1. The molecule has 4 heterocycles. The molecule has 0 radical (unpaired) electrons. The molecular weight excluding hydrogens is 383 g/mol. The fourth-order valence-electron chi connectivity index (χ4n) is 6.12. The van der Waals surface area contributed by atoms with E-state index in [9.17, 15) is 9.18 Å². The van der Waals surface area contributed by atoms with Gasteiger partial charge in [0.1, 0.15) is 11.6 Å². The van der Waals surface area contributed by atoms with Crippen LogP contribution >= 0.6 is 0 Å². The Morgan fingerprint density at radius 1 is 1.20 bits per heavy atom. The standard InChI is InChI=1S/C24H33FN2O3/c1-16(2)14-29-23(28)27-18-4-5-19(27)13-20(12-18)26-9-7-24(8-10-26)15-30-22-6-3-17(25)11-21(22)24/h3,6,11,16,18-20H,4-5,7-10,12-15H2,1-2H3. The Kier molecular flexibility index (Phi) is 5.16. The van der Waals surface area contributed by atoms with Crippen LogP contribution in [0.5, 0.6) is 5.75 Å². The highest BCUT2D eigenvalue weighted by Crippen LogP contribution is 2.47. The summed E-state index contributed by atoms with van der Waals surface area (Å²) in [5.41, 5.74) is 1.03. The van der Waals surface area contributed by atoms with Gasteiger partial charge in [0.15, 0.2) is 0 Å². The molecule has 2 unspecified atom stereocenters. The minimum absolute atomic E-state index is 0.0335. The van der Waals surface area contributed by atoms with Gasteiger partial charge in [-0.1, -0.05) is 13.8 Å². The van der Waals surface area contributed by atoms with Crippen LogP contribution in [0.1, 0.15) is 57.9 Å². The van der Waals surface area contributed by atoms with Gasteiger partial charge in [0, 0.05) is 29.1 Å². The van der Waals surface area contributed by atoms with Gasteiger partial charge in [0.2, 0.25) is 0 Å². The number of halogens is 1. The SMILES string of the molecule is CC(C)COC(=O)N1C2CCC1CC(N1CCC3(CC1)COc1ccc(F)cc13)C2. The number of amides is 1. The van der Waals surface area contributed by atoms with Gasteiger partial charge in [-0.25, -0.2) is 9.18 Å². The van der Waals surface area contributed by atoms with Gasteiger partial charge < -0.3 is 19.3 Å². The Bertz CT molecular complexity index is 792. The highest BCUT2D eigenvalue weighted by Gasteiger charge is 2.48. The molecule has 3 fully saturated rings. The Hall–Kier alpha value is -1.82. The highest BCUT2D eigenvalue weighted by atomic mass is 19.1. The number of carbonyl (C=O) groups is 1. The van der Waals surface area contributed by atoms with Crippen LogP contribution in [0.3, 0.4) is 0 Å². The fourth-order valence-corrected chi connectivity index (χ4v) is 6.12. The number of hydrogen-bond donors (Lipinski definition) is 0. The highest BCUT2D eigenvalue weighted by molar-refractivity contribution is 5.69. The third-order valence-corrected chi connectivity index (χ3v) is 7.75. The van der Waals surface area contributed by atoms with Crippen LogP contribution in [0.4, 0.5) is 9.18 Å². The summed E-state index contributed by atoms with van der Waals surface area (Å²) in [7, 11) is 0. The molecule has 3 saturated heterocycles. The van der Waals surface area contributed by atoms with Crippen LogP contribution in [0.15, 0.2) is 18.2 Å². The molecule has 5 rings (SSSR count). The maximum Gasteiger partial charge on any atom is 0.410 e. The zero-order valence-corrected chi connectivity index (χ0v) is 18.1. The van der Waals surface area contributed by atoms with Crippen molar-refractivity contribution in [1.29, 1.82) is 0 Å². The van der Waals surface area contributed by atoms with Gasteiger partial charge in [0.25, 0.3) is 0 Å². The molecule has 2 atom stereocenters. The molecule has 30 heavy (non-hydrogen) atoms. The van der Waals surface area contributed by atoms with E-state index in [0.717, 1.165) is 62.9 Å². The number of hydrogen-bond acceptors (Lipinski definition) is 4. The van der Waals surface area contributed by atoms with Crippen LogP contribution < -0.4 is 4.74 Å². The second kappa shape index (κ2) is 7.70. The van der Waals surface area contributed by atoms with Crippen molar-refractivity contribution in [3.05, 3.63) is 29.6 Å². The van der Waals surface area contributed by atoms with E-state index < -0.39 is 0 Å². The van der Waals surface area contributed by atoms with Gasteiger partial charge in [-0.3, -0.25) is 0 Å². The Balaban J connectivity index is 1.21. The normalized spacial score (nSPS) is 29.9. The molecule has 164 valence electrons. The van der Waals surface area contributed by atoms with E-state index in [1.54, 1.807) is 12.1 Å². The summed E-state index contributed by atoms with van der Waals surface area (Å²) in [6, 6.07) is 6.10. The number of fused-ring (bicyclic) bond motifs is 4. The molecule has 2 bridgehead atoms. The molecule has 4 aliphatic heterocycles. The summed E-state index contributed by atoms with van der Waals surface area (Å²) in [5, 5.41) is 0. The van der Waals surface area contributed by atoms with Crippen molar-refractivity contribution in [3.8, 4) is 5.75 Å². The van der Waals surface area contributed by atoms with Gasteiger partial charge in [0.05, 0.1) is 13.2 Å². The molecule has 1 amide bonds. The van der Waals surface area contributed by atoms with E-state index >= 15 is 0 Å². The van der Waals surface area contributed by atoms with Crippen molar-refractivity contribution in [2.75, 3.05) is 26.3 Å². The molecular formula is C24H33FN2O3. The smallest absolute Gasteiger partial charge is 0.410 e. The molecule has 0 saturated carbocycles. The van der Waals surface area contributed by atoms with E-state index in [-0.39, 0.29) is 17.3 Å². The lowest BCUT2D eigenvalue weighted by Crippen LogP contribution is -2.55. The van der Waals surface area contributed by atoms with E-state index in [1.807, 2.05) is 4.90 Å². The first-order valence-electron chi connectivity index (χ1n) is 11.6. The number of likely N-dealkylation sites (tertiary alicyclic amines) is 1. The average Bonchev–Trinajstić information content (AvgIpc) is 3.21. The van der Waals surface area contributed by atoms with Gasteiger partial charge in [-0.15, -0.1) is 0 Å². The summed E-state index contributed by atoms with van der Waals surface area (Å²) in [6.07, 6.45) is 6.18. The zero-order valence-electron chi connectivity index (χ0n) is 18.1. The minimum atomic E-state index is -0.172. The molecule has 5 nitrogen and oxygen atoms in total. The minimum Gasteiger partial charge on any atom is -0.492 e. The molecule has 1 aromatic rings. The van der Waals surface area contributed by atoms with Crippen LogP contribution in [-0.4, -0.2) is 60.3 Å². The summed E-state index contributed by atoms with van der Waals surface area (Å²) >= 11 is 0. The number of carbonyl (C=O) groups excluding carboxylic acids is 1. The predicted molar refractivity (Wildman–Crippen MR) is 112 cm³/mol. The molecule has 6 heteroatoms. The summed E-state index contributed by atoms with van der Waals surface area (Å²) in [5.74, 6) is 1.05. The molecule has 0 aromatic heterocycles. The number of ether oxygens (including phenoxy) is 2. The van der Waals surface area contributed by atoms with E-state index in [4.69, 9.17) is 9.47 Å². The van der Waals surface area contributed by atoms with Crippen molar-refractivity contribution < 1.29 is 18.7 Å². The first-order valence-corrected chi connectivity index (χ1v) is 11.6. The van der Waals surface area contributed by atoms with Gasteiger partial charge in [-0.2, -0.15) is 0 Å². The van der Waals surface area contributed by atoms with Crippen LogP contribution in [0.25, 0.3) is 0 Å². The number of rotatable bonds is 3. The average molecular weight is 417 g/mol. The van der Waals surface area contributed by atoms with Crippen molar-refractivity contribution in [1.82, 2.24) is 9.80 Å². The zero-order chi connectivity index (χ0) is 20.9. The van der Waals surface area contributed by atoms with Crippen molar-refractivity contribution in [2.24, 2.45) is 5.92 Å². The molecule has 0 N–H and O–H groups in total. The van der Waals surface area contributed by atoms with Gasteiger partial charge >= 0.3 is 6.09 Å². The number of nitrogens with zero attached hydrogens (tertiary/aromatic N) is 2. The van der Waals surface area contributed by atoms with Crippen molar-refractivity contribution in [2.45, 2.75) is 75.9 Å². The largest absolute Gasteiger partial charge is 0.492 e. The van der Waals surface area contributed by atoms with Crippen LogP contribution in [0, 0.1) is 11.7 Å². The lowest BCUT2D eigenvalue weighted by Gasteiger charge is -2.46. The van der Waals surface area contributed by atoms with Gasteiger partial charge in [-0.05, 0) is 75.7 Å². The topological polar surface area (TPSA) is 42.0 Å². The quantitative estimate of drug-likeness (QED) is 0.735. The third kappa shape index (κ3) is 3.47.